The van der Waals surface area contributed by atoms with Gasteiger partial charge in [0.1, 0.15) is 0 Å². The Hall–Kier alpha value is -0.0800. The second-order valence-corrected chi connectivity index (χ2v) is 8.40. The molecule has 2 heteroatoms. The molecule has 0 radical (unpaired) electrons. The maximum absolute atomic E-state index is 10.5. The van der Waals surface area contributed by atoms with Crippen LogP contribution < -0.4 is 0 Å². The molecule has 2 aliphatic rings. The van der Waals surface area contributed by atoms with Gasteiger partial charge in [0.25, 0.3) is 0 Å². The van der Waals surface area contributed by atoms with E-state index < -0.39 is 6.29 Å². The van der Waals surface area contributed by atoms with Crippen LogP contribution in [-0.2, 0) is 4.74 Å². The highest BCUT2D eigenvalue weighted by molar-refractivity contribution is 5.20. The second kappa shape index (κ2) is 4.46. The van der Waals surface area contributed by atoms with E-state index in [1.807, 2.05) is 0 Å². The summed E-state index contributed by atoms with van der Waals surface area (Å²) < 4.78 is 6.25. The standard InChI is InChI=1S/C17H32O2/c1-7-9-14(3,4)13(18)19-17(8-2)11-15(5)10-16(15,6)12-17/h13,18H,7-12H2,1-6H3/t13?,15-,16+,17?. The maximum atomic E-state index is 10.5. The van der Waals surface area contributed by atoms with Gasteiger partial charge in [-0.25, -0.2) is 0 Å². The third kappa shape index (κ3) is 2.47. The average molecular weight is 268 g/mol. The number of aliphatic hydroxyl groups is 1. The molecule has 2 unspecified atom stereocenters. The fraction of sp³-hybridized carbons (Fsp3) is 1.00. The number of hydrogen-bond acceptors (Lipinski definition) is 2. The molecule has 0 saturated heterocycles. The summed E-state index contributed by atoms with van der Waals surface area (Å²) in [5.41, 5.74) is 0.674. The molecule has 4 atom stereocenters. The zero-order valence-corrected chi connectivity index (χ0v) is 13.7. The topological polar surface area (TPSA) is 29.5 Å². The van der Waals surface area contributed by atoms with Crippen LogP contribution in [0.4, 0.5) is 0 Å². The van der Waals surface area contributed by atoms with E-state index in [0.717, 1.165) is 32.1 Å². The Morgan fingerprint density at radius 3 is 2.05 bits per heavy atom. The summed E-state index contributed by atoms with van der Waals surface area (Å²) in [6.45, 7) is 13.4. The molecular formula is C17H32O2. The van der Waals surface area contributed by atoms with Crippen molar-refractivity contribution in [2.24, 2.45) is 16.2 Å². The Balaban J connectivity index is 2.05. The first kappa shape index (κ1) is 15.3. The molecule has 2 rings (SSSR count). The molecule has 0 aliphatic heterocycles. The molecule has 112 valence electrons. The molecule has 19 heavy (non-hydrogen) atoms. The van der Waals surface area contributed by atoms with E-state index in [0.29, 0.717) is 10.8 Å². The lowest BCUT2D eigenvalue weighted by Gasteiger charge is -2.39. The second-order valence-electron chi connectivity index (χ2n) is 8.40. The average Bonchev–Trinajstić information content (AvgIpc) is 2.69. The predicted octanol–water partition coefficient (Wildman–Crippen LogP) is 4.51. The van der Waals surface area contributed by atoms with Crippen LogP contribution in [0.2, 0.25) is 0 Å². The van der Waals surface area contributed by atoms with Crippen LogP contribution in [0.3, 0.4) is 0 Å². The Labute approximate surface area is 118 Å². The molecule has 0 aromatic heterocycles. The molecule has 2 fully saturated rings. The van der Waals surface area contributed by atoms with Crippen LogP contribution in [0.15, 0.2) is 0 Å². The van der Waals surface area contributed by atoms with Gasteiger partial charge in [-0.05, 0) is 42.9 Å². The lowest BCUT2D eigenvalue weighted by Crippen LogP contribution is -2.42. The molecule has 2 saturated carbocycles. The van der Waals surface area contributed by atoms with Crippen LogP contribution >= 0.6 is 0 Å². The molecule has 0 amide bonds. The zero-order chi connectivity index (χ0) is 14.5. The van der Waals surface area contributed by atoms with Crippen LogP contribution in [0, 0.1) is 16.2 Å². The van der Waals surface area contributed by atoms with Crippen molar-refractivity contribution < 1.29 is 9.84 Å². The fourth-order valence-electron chi connectivity index (χ4n) is 4.43. The first-order valence-corrected chi connectivity index (χ1v) is 7.98. The van der Waals surface area contributed by atoms with Crippen molar-refractivity contribution in [3.63, 3.8) is 0 Å². The van der Waals surface area contributed by atoms with Gasteiger partial charge in [-0.3, -0.25) is 0 Å². The van der Waals surface area contributed by atoms with Gasteiger partial charge in [0.2, 0.25) is 0 Å². The third-order valence-corrected chi connectivity index (χ3v) is 6.11. The Kier molecular flexibility index (Phi) is 3.59. The molecule has 0 spiro atoms. The summed E-state index contributed by atoms with van der Waals surface area (Å²) in [7, 11) is 0. The van der Waals surface area contributed by atoms with Gasteiger partial charge in [-0.2, -0.15) is 0 Å². The normalized spacial score (nSPS) is 43.1. The van der Waals surface area contributed by atoms with Crippen molar-refractivity contribution in [2.75, 3.05) is 0 Å². The lowest BCUT2D eigenvalue weighted by atomic mass is 9.85. The van der Waals surface area contributed by atoms with Crippen LogP contribution in [-0.4, -0.2) is 17.0 Å². The SMILES string of the molecule is CCCC(C)(C)C(O)OC1(CC)C[C@@]2(C)C[C@@]2(C)C1. The van der Waals surface area contributed by atoms with Gasteiger partial charge >= 0.3 is 0 Å². The Bertz CT molecular complexity index is 333. The molecule has 2 nitrogen and oxygen atoms in total. The van der Waals surface area contributed by atoms with Gasteiger partial charge in [0.05, 0.1) is 5.60 Å². The Morgan fingerprint density at radius 1 is 1.11 bits per heavy atom. The van der Waals surface area contributed by atoms with Gasteiger partial charge in [-0.15, -0.1) is 0 Å². The van der Waals surface area contributed by atoms with Crippen molar-refractivity contribution in [1.29, 1.82) is 0 Å². The largest absolute Gasteiger partial charge is 0.367 e. The lowest BCUT2D eigenvalue weighted by molar-refractivity contribution is -0.236. The highest BCUT2D eigenvalue weighted by atomic mass is 16.6. The van der Waals surface area contributed by atoms with Crippen LogP contribution in [0.5, 0.6) is 0 Å². The van der Waals surface area contributed by atoms with E-state index in [1.165, 1.54) is 6.42 Å². The van der Waals surface area contributed by atoms with Crippen molar-refractivity contribution in [1.82, 2.24) is 0 Å². The van der Waals surface area contributed by atoms with E-state index in [-0.39, 0.29) is 11.0 Å². The number of hydrogen-bond donors (Lipinski definition) is 1. The molecular weight excluding hydrogens is 236 g/mol. The summed E-state index contributed by atoms with van der Waals surface area (Å²) >= 11 is 0. The zero-order valence-electron chi connectivity index (χ0n) is 13.7. The number of ether oxygens (including phenoxy) is 1. The molecule has 2 aliphatic carbocycles. The first-order chi connectivity index (χ1) is 8.62. The Morgan fingerprint density at radius 2 is 1.63 bits per heavy atom. The van der Waals surface area contributed by atoms with E-state index in [4.69, 9.17) is 4.74 Å². The summed E-state index contributed by atoms with van der Waals surface area (Å²) in [6, 6.07) is 0. The molecule has 1 N–H and O–H groups in total. The summed E-state index contributed by atoms with van der Waals surface area (Å²) in [4.78, 5) is 0. The van der Waals surface area contributed by atoms with Gasteiger partial charge in [0, 0.05) is 5.41 Å². The number of aliphatic hydroxyl groups excluding tert-OH is 1. The van der Waals surface area contributed by atoms with E-state index >= 15 is 0 Å². The fourth-order valence-corrected chi connectivity index (χ4v) is 4.43. The minimum absolute atomic E-state index is 0.0911. The minimum atomic E-state index is -0.642. The summed E-state index contributed by atoms with van der Waals surface area (Å²) in [5, 5.41) is 10.5. The summed E-state index contributed by atoms with van der Waals surface area (Å²) in [6.07, 6.45) is 6.03. The smallest absolute Gasteiger partial charge is 0.160 e. The predicted molar refractivity (Wildman–Crippen MR) is 78.9 cm³/mol. The van der Waals surface area contributed by atoms with E-state index in [2.05, 4.69) is 41.5 Å². The van der Waals surface area contributed by atoms with Crippen molar-refractivity contribution in [3.8, 4) is 0 Å². The molecule has 0 bridgehead atoms. The van der Waals surface area contributed by atoms with Gasteiger partial charge < -0.3 is 9.84 Å². The highest BCUT2D eigenvalue weighted by Crippen LogP contribution is 2.76. The van der Waals surface area contributed by atoms with Gasteiger partial charge in [-0.1, -0.05) is 48.0 Å². The first-order valence-electron chi connectivity index (χ1n) is 7.98. The van der Waals surface area contributed by atoms with E-state index in [9.17, 15) is 5.11 Å². The third-order valence-electron chi connectivity index (χ3n) is 6.11. The van der Waals surface area contributed by atoms with Gasteiger partial charge in [0.15, 0.2) is 6.29 Å². The highest BCUT2D eigenvalue weighted by Gasteiger charge is 2.70. The number of rotatable bonds is 6. The van der Waals surface area contributed by atoms with Crippen LogP contribution in [0.25, 0.3) is 0 Å². The summed E-state index contributed by atoms with van der Waals surface area (Å²) in [5.74, 6) is 0. The molecule has 0 aromatic rings. The van der Waals surface area contributed by atoms with Crippen molar-refractivity contribution in [3.05, 3.63) is 0 Å². The van der Waals surface area contributed by atoms with Crippen molar-refractivity contribution >= 4 is 0 Å². The monoisotopic (exact) mass is 268 g/mol. The minimum Gasteiger partial charge on any atom is -0.367 e. The quantitative estimate of drug-likeness (QED) is 0.718. The number of fused-ring (bicyclic) bond motifs is 1. The molecule has 0 heterocycles. The van der Waals surface area contributed by atoms with Crippen molar-refractivity contribution in [2.45, 2.75) is 92.0 Å². The molecule has 0 aromatic carbocycles. The maximum Gasteiger partial charge on any atom is 0.160 e. The van der Waals surface area contributed by atoms with Crippen LogP contribution in [0.1, 0.15) is 80.1 Å². The van der Waals surface area contributed by atoms with E-state index in [1.54, 1.807) is 0 Å².